The summed E-state index contributed by atoms with van der Waals surface area (Å²) in [4.78, 5) is 15.2. The fourth-order valence-electron chi connectivity index (χ4n) is 2.13. The number of H-pyrrole nitrogens is 1. The minimum atomic E-state index is -0.494. The molecule has 0 unspecified atom stereocenters. The van der Waals surface area contributed by atoms with Crippen LogP contribution in [0.3, 0.4) is 0 Å². The van der Waals surface area contributed by atoms with Gasteiger partial charge in [0, 0.05) is 17.0 Å². The van der Waals surface area contributed by atoms with Crippen molar-refractivity contribution in [1.82, 2.24) is 15.2 Å². The third kappa shape index (κ3) is 1.85. The summed E-state index contributed by atoms with van der Waals surface area (Å²) >= 11 is 0. The lowest BCUT2D eigenvalue weighted by atomic mass is 9.80. The topological polar surface area (TPSA) is 77.1 Å². The number of carbonyl (C=O) groups excluding carboxylic acids is 1. The SMILES string of the molecule is CC1(C)OB(c2cnc3n[nH]c(C=O)c3c2)OC1(C)C. The number of pyridine rings is 1. The van der Waals surface area contributed by atoms with Gasteiger partial charge < -0.3 is 9.31 Å². The Morgan fingerprint density at radius 1 is 1.25 bits per heavy atom. The van der Waals surface area contributed by atoms with Crippen LogP contribution in [0.25, 0.3) is 11.0 Å². The molecule has 0 amide bonds. The lowest BCUT2D eigenvalue weighted by Gasteiger charge is -2.32. The lowest BCUT2D eigenvalue weighted by molar-refractivity contribution is 0.00578. The second kappa shape index (κ2) is 4.13. The number of rotatable bonds is 2. The maximum atomic E-state index is 11.0. The summed E-state index contributed by atoms with van der Waals surface area (Å²) in [6.45, 7) is 7.97. The van der Waals surface area contributed by atoms with Crippen LogP contribution in [0.1, 0.15) is 38.2 Å². The monoisotopic (exact) mass is 273 g/mol. The van der Waals surface area contributed by atoms with Gasteiger partial charge in [-0.3, -0.25) is 9.89 Å². The molecule has 0 aromatic carbocycles. The molecule has 0 aliphatic carbocycles. The number of nitrogens with zero attached hydrogens (tertiary/aromatic N) is 2. The molecule has 3 heterocycles. The molecule has 1 aliphatic rings. The normalized spacial score (nSPS) is 20.5. The van der Waals surface area contributed by atoms with Gasteiger partial charge in [-0.1, -0.05) is 0 Å². The largest absolute Gasteiger partial charge is 0.496 e. The highest BCUT2D eigenvalue weighted by atomic mass is 16.7. The number of aromatic amines is 1. The van der Waals surface area contributed by atoms with Crippen molar-refractivity contribution in [3.63, 3.8) is 0 Å². The van der Waals surface area contributed by atoms with Crippen LogP contribution >= 0.6 is 0 Å². The van der Waals surface area contributed by atoms with E-state index in [-0.39, 0.29) is 0 Å². The van der Waals surface area contributed by atoms with E-state index < -0.39 is 18.3 Å². The average Bonchev–Trinajstić information content (AvgIpc) is 2.87. The average molecular weight is 273 g/mol. The molecule has 1 aliphatic heterocycles. The molecular formula is C13H16BN3O3. The number of aldehydes is 1. The number of hydrogen-bond acceptors (Lipinski definition) is 5. The Hall–Kier alpha value is -1.73. The molecule has 2 aromatic rings. The minimum absolute atomic E-state index is 0.406. The van der Waals surface area contributed by atoms with Gasteiger partial charge in [0.1, 0.15) is 5.69 Å². The summed E-state index contributed by atoms with van der Waals surface area (Å²) in [7, 11) is -0.494. The number of carbonyl (C=O) groups is 1. The van der Waals surface area contributed by atoms with Gasteiger partial charge in [-0.15, -0.1) is 0 Å². The molecule has 7 heteroatoms. The zero-order valence-corrected chi connectivity index (χ0v) is 11.9. The Kier molecular flexibility index (Phi) is 2.74. The van der Waals surface area contributed by atoms with Gasteiger partial charge in [0.05, 0.1) is 11.2 Å². The van der Waals surface area contributed by atoms with Crippen LogP contribution in [0.4, 0.5) is 0 Å². The first kappa shape index (κ1) is 13.3. The van der Waals surface area contributed by atoms with E-state index in [1.165, 1.54) is 0 Å². The lowest BCUT2D eigenvalue weighted by Crippen LogP contribution is -2.41. The van der Waals surface area contributed by atoms with Crippen LogP contribution in [-0.2, 0) is 9.31 Å². The molecule has 1 N–H and O–H groups in total. The molecule has 1 saturated heterocycles. The Labute approximate surface area is 117 Å². The van der Waals surface area contributed by atoms with Gasteiger partial charge >= 0.3 is 7.12 Å². The van der Waals surface area contributed by atoms with Crippen LogP contribution in [0.15, 0.2) is 12.3 Å². The maximum absolute atomic E-state index is 11.0. The van der Waals surface area contributed by atoms with Gasteiger partial charge in [-0.2, -0.15) is 5.10 Å². The zero-order chi connectivity index (χ0) is 14.5. The van der Waals surface area contributed by atoms with Crippen LogP contribution in [0, 0.1) is 0 Å². The van der Waals surface area contributed by atoms with Crippen molar-refractivity contribution in [1.29, 1.82) is 0 Å². The summed E-state index contributed by atoms with van der Waals surface area (Å²) < 4.78 is 11.9. The van der Waals surface area contributed by atoms with Crippen LogP contribution in [0.2, 0.25) is 0 Å². The molecule has 0 atom stereocenters. The summed E-state index contributed by atoms with van der Waals surface area (Å²) in [5, 5.41) is 7.29. The maximum Gasteiger partial charge on any atom is 0.496 e. The molecule has 0 saturated carbocycles. The van der Waals surface area contributed by atoms with E-state index in [0.29, 0.717) is 16.7 Å². The minimum Gasteiger partial charge on any atom is -0.399 e. The number of aromatic nitrogens is 3. The van der Waals surface area contributed by atoms with Gasteiger partial charge in [-0.25, -0.2) is 4.98 Å². The van der Waals surface area contributed by atoms with Crippen molar-refractivity contribution in [2.45, 2.75) is 38.9 Å². The van der Waals surface area contributed by atoms with Crippen molar-refractivity contribution in [2.75, 3.05) is 0 Å². The smallest absolute Gasteiger partial charge is 0.399 e. The predicted molar refractivity (Wildman–Crippen MR) is 75.0 cm³/mol. The Morgan fingerprint density at radius 2 is 1.90 bits per heavy atom. The standard InChI is InChI=1S/C13H16BN3O3/c1-12(2)13(3,4)20-14(19-12)8-5-9-10(7-18)16-17-11(9)15-6-8/h5-7H,1-4H3,(H,15,16,17). The van der Waals surface area contributed by atoms with Gasteiger partial charge in [0.15, 0.2) is 11.9 Å². The fourth-order valence-corrected chi connectivity index (χ4v) is 2.13. The second-order valence-corrected chi connectivity index (χ2v) is 5.98. The summed E-state index contributed by atoms with van der Waals surface area (Å²) in [6, 6.07) is 1.83. The number of nitrogens with one attached hydrogen (secondary N) is 1. The molecule has 0 spiro atoms. The molecule has 0 bridgehead atoms. The van der Waals surface area contributed by atoms with Gasteiger partial charge in [0.2, 0.25) is 0 Å². The molecule has 3 rings (SSSR count). The summed E-state index contributed by atoms with van der Waals surface area (Å²) in [5.41, 5.74) is 0.881. The van der Waals surface area contributed by atoms with Crippen molar-refractivity contribution in [3.8, 4) is 0 Å². The molecular weight excluding hydrogens is 257 g/mol. The quantitative estimate of drug-likeness (QED) is 0.654. The zero-order valence-electron chi connectivity index (χ0n) is 11.9. The predicted octanol–water partition coefficient (Wildman–Crippen LogP) is 1.07. The molecule has 0 radical (unpaired) electrons. The molecule has 6 nitrogen and oxygen atoms in total. The van der Waals surface area contributed by atoms with Crippen molar-refractivity contribution >= 4 is 29.9 Å². The van der Waals surface area contributed by atoms with E-state index in [9.17, 15) is 4.79 Å². The van der Waals surface area contributed by atoms with Crippen molar-refractivity contribution < 1.29 is 14.1 Å². The third-order valence-electron chi connectivity index (χ3n) is 4.10. The van der Waals surface area contributed by atoms with Crippen LogP contribution < -0.4 is 5.46 Å². The molecule has 1 fully saturated rings. The summed E-state index contributed by atoms with van der Waals surface area (Å²) in [5.74, 6) is 0. The molecule has 104 valence electrons. The Balaban J connectivity index is 2.01. The van der Waals surface area contributed by atoms with E-state index in [1.807, 2.05) is 33.8 Å². The Bertz CT molecular complexity index is 665. The third-order valence-corrected chi connectivity index (χ3v) is 4.10. The number of fused-ring (bicyclic) bond motifs is 1. The highest BCUT2D eigenvalue weighted by Crippen LogP contribution is 2.36. The fraction of sp³-hybridized carbons (Fsp3) is 0.462. The number of hydrogen-bond donors (Lipinski definition) is 1. The van der Waals surface area contributed by atoms with E-state index in [1.54, 1.807) is 6.20 Å². The molecule has 20 heavy (non-hydrogen) atoms. The molecule has 2 aromatic heterocycles. The summed E-state index contributed by atoms with van der Waals surface area (Å²) in [6.07, 6.45) is 2.39. The second-order valence-electron chi connectivity index (χ2n) is 5.98. The van der Waals surface area contributed by atoms with Crippen molar-refractivity contribution in [3.05, 3.63) is 18.0 Å². The highest BCUT2D eigenvalue weighted by Gasteiger charge is 2.51. The Morgan fingerprint density at radius 3 is 2.50 bits per heavy atom. The van der Waals surface area contributed by atoms with E-state index in [4.69, 9.17) is 9.31 Å². The van der Waals surface area contributed by atoms with Crippen molar-refractivity contribution in [2.24, 2.45) is 0 Å². The van der Waals surface area contributed by atoms with Gasteiger partial charge in [-0.05, 0) is 33.8 Å². The van der Waals surface area contributed by atoms with Crippen LogP contribution in [0.5, 0.6) is 0 Å². The van der Waals surface area contributed by atoms with E-state index in [2.05, 4.69) is 15.2 Å². The van der Waals surface area contributed by atoms with E-state index >= 15 is 0 Å². The first-order valence-electron chi connectivity index (χ1n) is 6.49. The van der Waals surface area contributed by atoms with Gasteiger partial charge in [0.25, 0.3) is 0 Å². The first-order chi connectivity index (χ1) is 9.34. The first-order valence-corrected chi connectivity index (χ1v) is 6.49. The van der Waals surface area contributed by atoms with Crippen LogP contribution in [-0.4, -0.2) is 39.8 Å². The van der Waals surface area contributed by atoms with E-state index in [0.717, 1.165) is 11.7 Å². The highest BCUT2D eigenvalue weighted by molar-refractivity contribution is 6.62.